The first kappa shape index (κ1) is 15.2. The fourth-order valence-electron chi connectivity index (χ4n) is 1.52. The van der Waals surface area contributed by atoms with Crippen LogP contribution in [0.3, 0.4) is 0 Å². The van der Waals surface area contributed by atoms with E-state index in [1.807, 2.05) is 6.07 Å². The van der Waals surface area contributed by atoms with Gasteiger partial charge in [-0.15, -0.1) is 0 Å². The van der Waals surface area contributed by atoms with Gasteiger partial charge in [0.2, 0.25) is 0 Å². The third-order valence-electron chi connectivity index (χ3n) is 2.54. The minimum absolute atomic E-state index is 0.0141. The summed E-state index contributed by atoms with van der Waals surface area (Å²) >= 11 is 5.85. The summed E-state index contributed by atoms with van der Waals surface area (Å²) in [5.41, 5.74) is 0.288. The molecular formula is C13H7ClF2N2O2S. The number of rotatable bonds is 3. The second-order valence-electron chi connectivity index (χ2n) is 3.99. The van der Waals surface area contributed by atoms with Crippen LogP contribution in [0.4, 0.5) is 14.5 Å². The van der Waals surface area contributed by atoms with Crippen molar-refractivity contribution in [2.45, 2.75) is 4.90 Å². The maximum Gasteiger partial charge on any atom is 0.262 e. The van der Waals surface area contributed by atoms with E-state index in [1.165, 1.54) is 18.2 Å². The van der Waals surface area contributed by atoms with Crippen LogP contribution in [0, 0.1) is 23.0 Å². The van der Waals surface area contributed by atoms with Crippen molar-refractivity contribution >= 4 is 27.3 Å². The van der Waals surface area contributed by atoms with E-state index in [1.54, 1.807) is 0 Å². The van der Waals surface area contributed by atoms with Crippen molar-refractivity contribution in [3.05, 3.63) is 58.6 Å². The zero-order chi connectivity index (χ0) is 15.6. The second-order valence-corrected chi connectivity index (χ2v) is 6.08. The van der Waals surface area contributed by atoms with E-state index in [2.05, 4.69) is 4.72 Å². The van der Waals surface area contributed by atoms with Crippen LogP contribution >= 0.6 is 11.6 Å². The normalized spacial score (nSPS) is 11.0. The summed E-state index contributed by atoms with van der Waals surface area (Å²) in [7, 11) is -4.12. The number of anilines is 1. The summed E-state index contributed by atoms with van der Waals surface area (Å²) < 4.78 is 52.2. The van der Waals surface area contributed by atoms with Crippen molar-refractivity contribution in [3.8, 4) is 6.07 Å². The van der Waals surface area contributed by atoms with Gasteiger partial charge in [0.1, 0.15) is 0 Å². The van der Waals surface area contributed by atoms with Crippen molar-refractivity contribution in [2.24, 2.45) is 0 Å². The van der Waals surface area contributed by atoms with E-state index >= 15 is 0 Å². The molecule has 0 atom stereocenters. The molecule has 0 bridgehead atoms. The number of benzene rings is 2. The van der Waals surface area contributed by atoms with Gasteiger partial charge in [-0.25, -0.2) is 17.2 Å². The first-order valence-corrected chi connectivity index (χ1v) is 7.37. The minimum Gasteiger partial charge on any atom is -0.278 e. The standard InChI is InChI=1S/C13H7ClF2N2O2S/c14-10-5-8(7-17)1-4-13(10)18-21(19,20)9-2-3-11(15)12(16)6-9/h1-6,18H. The third-order valence-corrected chi connectivity index (χ3v) is 4.22. The number of sulfonamides is 1. The number of nitriles is 1. The molecule has 0 saturated heterocycles. The number of nitrogens with one attached hydrogen (secondary N) is 1. The molecule has 1 N–H and O–H groups in total. The fraction of sp³-hybridized carbons (Fsp3) is 0. The number of hydrogen-bond acceptors (Lipinski definition) is 3. The Morgan fingerprint density at radius 1 is 1.10 bits per heavy atom. The SMILES string of the molecule is N#Cc1ccc(NS(=O)(=O)c2ccc(F)c(F)c2)c(Cl)c1. The largest absolute Gasteiger partial charge is 0.278 e. The lowest BCUT2D eigenvalue weighted by molar-refractivity contribution is 0.504. The monoisotopic (exact) mass is 328 g/mol. The zero-order valence-corrected chi connectivity index (χ0v) is 11.8. The third kappa shape index (κ3) is 3.29. The topological polar surface area (TPSA) is 70.0 Å². The summed E-state index contributed by atoms with van der Waals surface area (Å²) in [5.74, 6) is -2.42. The van der Waals surface area contributed by atoms with E-state index in [-0.39, 0.29) is 16.3 Å². The molecule has 0 saturated carbocycles. The highest BCUT2D eigenvalue weighted by molar-refractivity contribution is 7.92. The van der Waals surface area contributed by atoms with E-state index in [9.17, 15) is 17.2 Å². The van der Waals surface area contributed by atoms with Crippen molar-refractivity contribution in [1.29, 1.82) is 5.26 Å². The Morgan fingerprint density at radius 3 is 2.38 bits per heavy atom. The Balaban J connectivity index is 2.37. The number of halogens is 3. The van der Waals surface area contributed by atoms with Crippen molar-refractivity contribution in [3.63, 3.8) is 0 Å². The quantitative estimate of drug-likeness (QED) is 0.939. The minimum atomic E-state index is -4.12. The van der Waals surface area contributed by atoms with E-state index in [0.717, 1.165) is 6.07 Å². The van der Waals surface area contributed by atoms with Crippen LogP contribution in [0.1, 0.15) is 5.56 Å². The molecule has 0 fully saturated rings. The lowest BCUT2D eigenvalue weighted by Gasteiger charge is -2.10. The Morgan fingerprint density at radius 2 is 1.81 bits per heavy atom. The maximum atomic E-state index is 13.1. The summed E-state index contributed by atoms with van der Waals surface area (Å²) in [6, 6.07) is 8.01. The highest BCUT2D eigenvalue weighted by atomic mass is 35.5. The van der Waals surface area contributed by atoms with Crippen LogP contribution in [-0.4, -0.2) is 8.42 Å². The molecule has 0 amide bonds. The smallest absolute Gasteiger partial charge is 0.262 e. The molecule has 2 aromatic rings. The molecule has 0 aliphatic rings. The van der Waals surface area contributed by atoms with Gasteiger partial charge in [0.05, 0.1) is 27.2 Å². The van der Waals surface area contributed by atoms with Gasteiger partial charge in [0.15, 0.2) is 11.6 Å². The molecule has 8 heteroatoms. The van der Waals surface area contributed by atoms with E-state index < -0.39 is 26.6 Å². The Hall–Kier alpha value is -2.17. The predicted molar refractivity (Wildman–Crippen MR) is 73.3 cm³/mol. The second kappa shape index (κ2) is 5.68. The van der Waals surface area contributed by atoms with Gasteiger partial charge >= 0.3 is 0 Å². The Labute approximate surface area is 124 Å². The first-order valence-electron chi connectivity index (χ1n) is 5.51. The van der Waals surface area contributed by atoms with E-state index in [4.69, 9.17) is 16.9 Å². The van der Waals surface area contributed by atoms with Crippen LogP contribution in [-0.2, 0) is 10.0 Å². The van der Waals surface area contributed by atoms with Gasteiger partial charge in [0.25, 0.3) is 10.0 Å². The average Bonchev–Trinajstić information content (AvgIpc) is 2.43. The first-order chi connectivity index (χ1) is 9.83. The lowest BCUT2D eigenvalue weighted by Crippen LogP contribution is -2.13. The molecule has 0 spiro atoms. The maximum absolute atomic E-state index is 13.1. The summed E-state index contributed by atoms with van der Waals surface area (Å²) in [6.45, 7) is 0. The number of hydrogen-bond donors (Lipinski definition) is 1. The molecule has 0 unspecified atom stereocenters. The van der Waals surface area contributed by atoms with Gasteiger partial charge in [0, 0.05) is 0 Å². The molecule has 2 aromatic carbocycles. The van der Waals surface area contributed by atoms with Gasteiger partial charge in [-0.1, -0.05) is 11.6 Å². The molecule has 4 nitrogen and oxygen atoms in total. The molecule has 0 aliphatic heterocycles. The lowest BCUT2D eigenvalue weighted by atomic mass is 10.2. The van der Waals surface area contributed by atoms with Crippen molar-refractivity contribution in [2.75, 3.05) is 4.72 Å². The van der Waals surface area contributed by atoms with Crippen molar-refractivity contribution in [1.82, 2.24) is 0 Å². The van der Waals surface area contributed by atoms with Gasteiger partial charge in [-0.2, -0.15) is 5.26 Å². The van der Waals surface area contributed by atoms with Crippen LogP contribution in [0.25, 0.3) is 0 Å². The molecule has 0 aromatic heterocycles. The van der Waals surface area contributed by atoms with Gasteiger partial charge in [-0.05, 0) is 36.4 Å². The Kier molecular flexibility index (Phi) is 4.11. The fourth-order valence-corrected chi connectivity index (χ4v) is 2.89. The van der Waals surface area contributed by atoms with Crippen molar-refractivity contribution < 1.29 is 17.2 Å². The summed E-state index contributed by atoms with van der Waals surface area (Å²) in [4.78, 5) is -0.443. The molecule has 0 aliphatic carbocycles. The predicted octanol–water partition coefficient (Wildman–Crippen LogP) is 3.29. The van der Waals surface area contributed by atoms with Gasteiger partial charge < -0.3 is 0 Å². The van der Waals surface area contributed by atoms with Crippen LogP contribution in [0.2, 0.25) is 5.02 Å². The number of nitrogens with zero attached hydrogens (tertiary/aromatic N) is 1. The highest BCUT2D eigenvalue weighted by Crippen LogP contribution is 2.26. The van der Waals surface area contributed by atoms with E-state index in [0.29, 0.717) is 12.1 Å². The molecule has 0 radical (unpaired) electrons. The van der Waals surface area contributed by atoms with Gasteiger partial charge in [-0.3, -0.25) is 4.72 Å². The highest BCUT2D eigenvalue weighted by Gasteiger charge is 2.18. The molecule has 108 valence electrons. The van der Waals surface area contributed by atoms with Crippen LogP contribution in [0.5, 0.6) is 0 Å². The summed E-state index contributed by atoms with van der Waals surface area (Å²) in [6.07, 6.45) is 0. The Bertz CT molecular complexity index is 848. The molecule has 2 rings (SSSR count). The average molecular weight is 329 g/mol. The molecule has 21 heavy (non-hydrogen) atoms. The van der Waals surface area contributed by atoms with Crippen LogP contribution in [0.15, 0.2) is 41.3 Å². The molecular weight excluding hydrogens is 322 g/mol. The summed E-state index contributed by atoms with van der Waals surface area (Å²) in [5, 5.41) is 8.71. The zero-order valence-electron chi connectivity index (χ0n) is 10.3. The van der Waals surface area contributed by atoms with Crippen LogP contribution < -0.4 is 4.72 Å². The molecule has 0 heterocycles.